The van der Waals surface area contributed by atoms with Gasteiger partial charge in [0.2, 0.25) is 5.89 Å². The van der Waals surface area contributed by atoms with E-state index in [9.17, 15) is 4.79 Å². The van der Waals surface area contributed by atoms with Crippen molar-refractivity contribution in [3.63, 3.8) is 0 Å². The summed E-state index contributed by atoms with van der Waals surface area (Å²) in [6.07, 6.45) is 2.66. The molecule has 1 aromatic heterocycles. The minimum Gasteiger partial charge on any atom is -0.465 e. The molecule has 0 fully saturated rings. The lowest BCUT2D eigenvalue weighted by molar-refractivity contribution is -0.150. The van der Waals surface area contributed by atoms with Crippen LogP contribution in [0.2, 0.25) is 0 Å². The van der Waals surface area contributed by atoms with Crippen molar-refractivity contribution in [2.24, 2.45) is 0 Å². The number of aromatic nitrogens is 2. The van der Waals surface area contributed by atoms with E-state index in [2.05, 4.69) is 15.5 Å². The van der Waals surface area contributed by atoms with E-state index >= 15 is 0 Å². The summed E-state index contributed by atoms with van der Waals surface area (Å²) in [4.78, 5) is 12.0. The molecule has 1 N–H and O–H groups in total. The number of nitrogens with zero attached hydrogens (tertiary/aromatic N) is 2. The zero-order valence-corrected chi connectivity index (χ0v) is 14.1. The Balaban J connectivity index is 2.31. The number of carbonyl (C=O) groups is 1. The quantitative estimate of drug-likeness (QED) is 0.404. The molecule has 0 radical (unpaired) electrons. The van der Waals surface area contributed by atoms with E-state index in [1.807, 2.05) is 20.8 Å². The molecular formula is C14H25N3O3S. The van der Waals surface area contributed by atoms with E-state index < -0.39 is 5.54 Å². The summed E-state index contributed by atoms with van der Waals surface area (Å²) in [7, 11) is 0. The van der Waals surface area contributed by atoms with Gasteiger partial charge in [0.25, 0.3) is 5.22 Å². The molecule has 0 bridgehead atoms. The van der Waals surface area contributed by atoms with Gasteiger partial charge in [-0.1, -0.05) is 25.1 Å². The fourth-order valence-electron chi connectivity index (χ4n) is 2.02. The number of thioether (sulfide) groups is 1. The van der Waals surface area contributed by atoms with Gasteiger partial charge in [-0.3, -0.25) is 4.79 Å². The van der Waals surface area contributed by atoms with E-state index in [4.69, 9.17) is 9.15 Å². The van der Waals surface area contributed by atoms with Crippen LogP contribution in [-0.2, 0) is 9.53 Å². The van der Waals surface area contributed by atoms with Gasteiger partial charge in [0.05, 0.1) is 6.61 Å². The van der Waals surface area contributed by atoms with Gasteiger partial charge in [-0.25, -0.2) is 0 Å². The van der Waals surface area contributed by atoms with Crippen molar-refractivity contribution in [1.82, 2.24) is 15.5 Å². The number of esters is 1. The molecule has 0 aliphatic rings. The third kappa shape index (κ3) is 6.05. The van der Waals surface area contributed by atoms with Crippen LogP contribution in [0, 0.1) is 6.92 Å². The molecule has 0 spiro atoms. The molecule has 0 amide bonds. The summed E-state index contributed by atoms with van der Waals surface area (Å²) in [6, 6.07) is 0. The summed E-state index contributed by atoms with van der Waals surface area (Å²) >= 11 is 1.55. The summed E-state index contributed by atoms with van der Waals surface area (Å²) in [5.74, 6) is 1.30. The molecule has 1 unspecified atom stereocenters. The lowest BCUT2D eigenvalue weighted by Gasteiger charge is -2.28. The first-order chi connectivity index (χ1) is 10.0. The van der Waals surface area contributed by atoms with Crippen LogP contribution in [0.25, 0.3) is 0 Å². The number of nitrogens with one attached hydrogen (secondary N) is 1. The first kappa shape index (κ1) is 18.0. The predicted molar refractivity (Wildman–Crippen MR) is 82.3 cm³/mol. The van der Waals surface area contributed by atoms with Crippen molar-refractivity contribution >= 4 is 17.7 Å². The largest absolute Gasteiger partial charge is 0.465 e. The summed E-state index contributed by atoms with van der Waals surface area (Å²) in [6.45, 7) is 8.65. The Bertz CT molecular complexity index is 439. The lowest BCUT2D eigenvalue weighted by Crippen LogP contribution is -2.50. The maximum atomic E-state index is 12.0. The number of hydrogen-bond donors (Lipinski definition) is 1. The molecule has 7 heteroatoms. The highest BCUT2D eigenvalue weighted by Crippen LogP contribution is 2.20. The predicted octanol–water partition coefficient (Wildman–Crippen LogP) is 2.57. The highest BCUT2D eigenvalue weighted by Gasteiger charge is 2.32. The number of rotatable bonds is 10. The third-order valence-electron chi connectivity index (χ3n) is 3.10. The zero-order valence-electron chi connectivity index (χ0n) is 13.3. The Labute approximate surface area is 130 Å². The summed E-state index contributed by atoms with van der Waals surface area (Å²) in [5, 5.41) is 11.6. The SMILES string of the molecule is CCNC(C)(CCCCSc1nnc(C)o1)C(=O)OCC. The van der Waals surface area contributed by atoms with Crippen molar-refractivity contribution in [3.05, 3.63) is 5.89 Å². The molecule has 0 aromatic carbocycles. The standard InChI is InChI=1S/C14H25N3O3S/c1-5-15-14(4,12(18)19-6-2)9-7-8-10-21-13-17-16-11(3)20-13/h15H,5-10H2,1-4H3. The van der Waals surface area contributed by atoms with Gasteiger partial charge in [-0.15, -0.1) is 10.2 Å². The molecule has 0 aliphatic heterocycles. The van der Waals surface area contributed by atoms with Gasteiger partial charge in [0, 0.05) is 12.7 Å². The van der Waals surface area contributed by atoms with Gasteiger partial charge in [0.15, 0.2) is 0 Å². The average molecular weight is 315 g/mol. The lowest BCUT2D eigenvalue weighted by atomic mass is 9.95. The van der Waals surface area contributed by atoms with Gasteiger partial charge < -0.3 is 14.5 Å². The Hall–Kier alpha value is -1.08. The van der Waals surface area contributed by atoms with Crippen molar-refractivity contribution < 1.29 is 13.9 Å². The average Bonchev–Trinajstić information content (AvgIpc) is 2.84. The Morgan fingerprint density at radius 3 is 2.71 bits per heavy atom. The Morgan fingerprint density at radius 1 is 1.38 bits per heavy atom. The second-order valence-electron chi connectivity index (χ2n) is 4.98. The van der Waals surface area contributed by atoms with E-state index in [-0.39, 0.29) is 5.97 Å². The molecule has 0 saturated carbocycles. The summed E-state index contributed by atoms with van der Waals surface area (Å²) in [5.41, 5.74) is -0.601. The number of likely N-dealkylation sites (N-methyl/N-ethyl adjacent to an activating group) is 1. The zero-order chi connectivity index (χ0) is 15.7. The summed E-state index contributed by atoms with van der Waals surface area (Å²) < 4.78 is 10.4. The van der Waals surface area contributed by atoms with Crippen molar-refractivity contribution in [2.45, 2.75) is 57.7 Å². The van der Waals surface area contributed by atoms with E-state index in [0.29, 0.717) is 17.7 Å². The third-order valence-corrected chi connectivity index (χ3v) is 4.00. The second-order valence-corrected chi connectivity index (χ2v) is 6.02. The Kier molecular flexibility index (Phi) is 7.74. The molecule has 21 heavy (non-hydrogen) atoms. The number of hydrogen-bond acceptors (Lipinski definition) is 7. The van der Waals surface area contributed by atoms with Crippen molar-refractivity contribution in [3.8, 4) is 0 Å². The van der Waals surface area contributed by atoms with E-state index in [0.717, 1.165) is 31.6 Å². The van der Waals surface area contributed by atoms with E-state index in [1.54, 1.807) is 18.7 Å². The number of aryl methyl sites for hydroxylation is 1. The van der Waals surface area contributed by atoms with Crippen LogP contribution in [0.4, 0.5) is 0 Å². The van der Waals surface area contributed by atoms with Crippen LogP contribution in [0.15, 0.2) is 9.64 Å². The molecule has 120 valence electrons. The van der Waals surface area contributed by atoms with Crippen LogP contribution in [-0.4, -0.2) is 40.6 Å². The highest BCUT2D eigenvalue weighted by molar-refractivity contribution is 7.99. The molecule has 1 aromatic rings. The molecular weight excluding hydrogens is 290 g/mol. The number of carbonyl (C=O) groups excluding carboxylic acids is 1. The second kappa shape index (κ2) is 9.04. The molecule has 1 rings (SSSR count). The van der Waals surface area contributed by atoms with Gasteiger partial charge in [-0.2, -0.15) is 0 Å². The van der Waals surface area contributed by atoms with E-state index in [1.165, 1.54) is 0 Å². The minimum absolute atomic E-state index is 0.174. The van der Waals surface area contributed by atoms with Crippen molar-refractivity contribution in [2.75, 3.05) is 18.9 Å². The maximum absolute atomic E-state index is 12.0. The fraction of sp³-hybridized carbons (Fsp3) is 0.786. The highest BCUT2D eigenvalue weighted by atomic mass is 32.2. The number of ether oxygens (including phenoxy) is 1. The van der Waals surface area contributed by atoms with Crippen LogP contribution in [0.3, 0.4) is 0 Å². The molecule has 1 atom stereocenters. The normalized spacial score (nSPS) is 13.9. The maximum Gasteiger partial charge on any atom is 0.326 e. The first-order valence-electron chi connectivity index (χ1n) is 7.37. The van der Waals surface area contributed by atoms with Crippen LogP contribution in [0.1, 0.15) is 45.9 Å². The molecule has 6 nitrogen and oxygen atoms in total. The van der Waals surface area contributed by atoms with Gasteiger partial charge >= 0.3 is 5.97 Å². The fourth-order valence-corrected chi connectivity index (χ4v) is 2.82. The van der Waals surface area contributed by atoms with Gasteiger partial charge in [-0.05, 0) is 33.2 Å². The monoisotopic (exact) mass is 315 g/mol. The molecule has 1 heterocycles. The van der Waals surface area contributed by atoms with Gasteiger partial charge in [0.1, 0.15) is 5.54 Å². The smallest absolute Gasteiger partial charge is 0.326 e. The number of unbranched alkanes of at least 4 members (excludes halogenated alkanes) is 1. The molecule has 0 aliphatic carbocycles. The minimum atomic E-state index is -0.601. The van der Waals surface area contributed by atoms with Crippen molar-refractivity contribution in [1.29, 1.82) is 0 Å². The van der Waals surface area contributed by atoms with Crippen LogP contribution in [0.5, 0.6) is 0 Å². The first-order valence-corrected chi connectivity index (χ1v) is 8.35. The topological polar surface area (TPSA) is 77.3 Å². The van der Waals surface area contributed by atoms with Crippen LogP contribution >= 0.6 is 11.8 Å². The van der Waals surface area contributed by atoms with Crippen LogP contribution < -0.4 is 5.32 Å². The Morgan fingerprint density at radius 2 is 2.14 bits per heavy atom. The molecule has 0 saturated heterocycles.